The average Bonchev–Trinajstić information content (AvgIpc) is 2.59. The van der Waals surface area contributed by atoms with Crippen molar-refractivity contribution in [1.29, 1.82) is 0 Å². The maximum absolute atomic E-state index is 13.4. The van der Waals surface area contributed by atoms with Gasteiger partial charge in [-0.25, -0.2) is 8.78 Å². The molecule has 0 aliphatic heterocycles. The number of guanidine groups is 1. The van der Waals surface area contributed by atoms with E-state index in [4.69, 9.17) is 0 Å². The molecule has 1 atom stereocenters. The van der Waals surface area contributed by atoms with Gasteiger partial charge >= 0.3 is 0 Å². The number of benzene rings is 1. The Morgan fingerprint density at radius 2 is 1.96 bits per heavy atom. The predicted octanol–water partition coefficient (Wildman–Crippen LogP) is 4.15. The number of nitrogens with zero attached hydrogens (tertiary/aromatic N) is 2. The lowest BCUT2D eigenvalue weighted by Gasteiger charge is -2.18. The minimum absolute atomic E-state index is 0. The Bertz CT molecular complexity index is 720. The standard InChI is InChI=1S/C19H24F2N4.HI/c1-4-22-19(23-10-9-15-6-5-13(2)24-12-15)25-14(3)16-7-8-17(20)18(21)11-16;/h5-8,11-12,14H,4,9-10H2,1-3H3,(H2,22,23,25);1H. The molecule has 0 bridgehead atoms. The fraction of sp³-hybridized carbons (Fsp3) is 0.368. The summed E-state index contributed by atoms with van der Waals surface area (Å²) in [5, 5.41) is 6.37. The smallest absolute Gasteiger partial charge is 0.191 e. The molecule has 142 valence electrons. The summed E-state index contributed by atoms with van der Waals surface area (Å²) in [6, 6.07) is 7.73. The van der Waals surface area contributed by atoms with Crippen LogP contribution in [-0.4, -0.2) is 24.0 Å². The molecule has 1 aromatic carbocycles. The van der Waals surface area contributed by atoms with Gasteiger partial charge in [0.15, 0.2) is 17.6 Å². The fourth-order valence-electron chi connectivity index (χ4n) is 2.33. The van der Waals surface area contributed by atoms with Gasteiger partial charge in [0, 0.05) is 25.0 Å². The third-order valence-corrected chi connectivity index (χ3v) is 3.78. The monoisotopic (exact) mass is 474 g/mol. The second-order valence-electron chi connectivity index (χ2n) is 5.86. The number of pyridine rings is 1. The van der Waals surface area contributed by atoms with Crippen molar-refractivity contribution in [2.45, 2.75) is 33.2 Å². The molecule has 1 heterocycles. The first-order valence-electron chi connectivity index (χ1n) is 8.41. The minimum Gasteiger partial charge on any atom is -0.357 e. The summed E-state index contributed by atoms with van der Waals surface area (Å²) in [7, 11) is 0. The van der Waals surface area contributed by atoms with Crippen LogP contribution in [0, 0.1) is 18.6 Å². The van der Waals surface area contributed by atoms with E-state index in [1.807, 2.05) is 39.1 Å². The average molecular weight is 474 g/mol. The maximum atomic E-state index is 13.4. The summed E-state index contributed by atoms with van der Waals surface area (Å²) in [5.74, 6) is -1.05. The lowest BCUT2D eigenvalue weighted by molar-refractivity contribution is 0.504. The molecule has 2 aromatic rings. The molecule has 1 aromatic heterocycles. The SMILES string of the molecule is CCNC(=NCCc1ccc(C)nc1)NC(C)c1ccc(F)c(F)c1.I. The van der Waals surface area contributed by atoms with Crippen molar-refractivity contribution in [1.82, 2.24) is 15.6 Å². The summed E-state index contributed by atoms with van der Waals surface area (Å²) < 4.78 is 26.5. The van der Waals surface area contributed by atoms with Crippen LogP contribution >= 0.6 is 24.0 Å². The van der Waals surface area contributed by atoms with E-state index in [-0.39, 0.29) is 30.0 Å². The molecule has 0 fully saturated rings. The zero-order valence-corrected chi connectivity index (χ0v) is 17.6. The van der Waals surface area contributed by atoms with Crippen molar-refractivity contribution < 1.29 is 8.78 Å². The van der Waals surface area contributed by atoms with Gasteiger partial charge in [0.2, 0.25) is 0 Å². The van der Waals surface area contributed by atoms with Crippen LogP contribution in [0.5, 0.6) is 0 Å². The number of hydrogen-bond donors (Lipinski definition) is 2. The molecule has 2 rings (SSSR count). The van der Waals surface area contributed by atoms with Gasteiger partial charge in [0.1, 0.15) is 0 Å². The molecule has 26 heavy (non-hydrogen) atoms. The Labute approximate surface area is 170 Å². The van der Waals surface area contributed by atoms with E-state index < -0.39 is 11.6 Å². The molecule has 0 amide bonds. The number of nitrogens with one attached hydrogen (secondary N) is 2. The summed E-state index contributed by atoms with van der Waals surface area (Å²) in [6.07, 6.45) is 2.64. The quantitative estimate of drug-likeness (QED) is 0.376. The van der Waals surface area contributed by atoms with Crippen molar-refractivity contribution in [3.63, 3.8) is 0 Å². The lowest BCUT2D eigenvalue weighted by Crippen LogP contribution is -2.39. The second-order valence-corrected chi connectivity index (χ2v) is 5.86. The molecule has 0 radical (unpaired) electrons. The van der Waals surface area contributed by atoms with Gasteiger partial charge < -0.3 is 10.6 Å². The van der Waals surface area contributed by atoms with Gasteiger partial charge in [-0.05, 0) is 56.5 Å². The summed E-state index contributed by atoms with van der Waals surface area (Å²) in [4.78, 5) is 8.81. The Hall–Kier alpha value is -1.77. The molecule has 7 heteroatoms. The maximum Gasteiger partial charge on any atom is 0.191 e. The van der Waals surface area contributed by atoms with Crippen molar-refractivity contribution in [2.75, 3.05) is 13.1 Å². The number of rotatable bonds is 6. The van der Waals surface area contributed by atoms with E-state index in [2.05, 4.69) is 20.6 Å². The van der Waals surface area contributed by atoms with Gasteiger partial charge in [-0.1, -0.05) is 12.1 Å². The minimum atomic E-state index is -0.847. The van der Waals surface area contributed by atoms with Gasteiger partial charge in [-0.15, -0.1) is 24.0 Å². The largest absolute Gasteiger partial charge is 0.357 e. The van der Waals surface area contributed by atoms with Crippen LogP contribution in [0.3, 0.4) is 0 Å². The van der Waals surface area contributed by atoms with Gasteiger partial charge in [-0.2, -0.15) is 0 Å². The highest BCUT2D eigenvalue weighted by Crippen LogP contribution is 2.15. The van der Waals surface area contributed by atoms with Gasteiger partial charge in [0.05, 0.1) is 6.04 Å². The highest BCUT2D eigenvalue weighted by atomic mass is 127. The van der Waals surface area contributed by atoms with Crippen LogP contribution in [0.25, 0.3) is 0 Å². The first-order chi connectivity index (χ1) is 12.0. The van der Waals surface area contributed by atoms with Gasteiger partial charge in [-0.3, -0.25) is 9.98 Å². The van der Waals surface area contributed by atoms with E-state index in [1.165, 1.54) is 6.07 Å². The Morgan fingerprint density at radius 1 is 1.19 bits per heavy atom. The summed E-state index contributed by atoms with van der Waals surface area (Å²) >= 11 is 0. The van der Waals surface area contributed by atoms with Gasteiger partial charge in [0.25, 0.3) is 0 Å². The van der Waals surface area contributed by atoms with Crippen LogP contribution < -0.4 is 10.6 Å². The third-order valence-electron chi connectivity index (χ3n) is 3.78. The molecule has 0 aliphatic rings. The first-order valence-corrected chi connectivity index (χ1v) is 8.41. The van der Waals surface area contributed by atoms with E-state index in [0.717, 1.165) is 23.7 Å². The lowest BCUT2D eigenvalue weighted by atomic mass is 10.1. The molecule has 0 aliphatic carbocycles. The molecule has 1 unspecified atom stereocenters. The van der Waals surface area contributed by atoms with E-state index >= 15 is 0 Å². The highest BCUT2D eigenvalue weighted by molar-refractivity contribution is 14.0. The molecular weight excluding hydrogens is 449 g/mol. The summed E-state index contributed by atoms with van der Waals surface area (Å²) in [5.41, 5.74) is 2.77. The number of halogens is 3. The van der Waals surface area contributed by atoms with Crippen molar-refractivity contribution in [3.8, 4) is 0 Å². The van der Waals surface area contributed by atoms with Crippen LogP contribution in [0.4, 0.5) is 8.78 Å². The van der Waals surface area contributed by atoms with Crippen LogP contribution in [0.15, 0.2) is 41.5 Å². The number of aryl methyl sites for hydroxylation is 1. The van der Waals surface area contributed by atoms with E-state index in [0.29, 0.717) is 24.6 Å². The zero-order valence-electron chi connectivity index (χ0n) is 15.2. The fourth-order valence-corrected chi connectivity index (χ4v) is 2.33. The predicted molar refractivity (Wildman–Crippen MR) is 112 cm³/mol. The number of aromatic nitrogens is 1. The number of aliphatic imine (C=N–C) groups is 1. The highest BCUT2D eigenvalue weighted by Gasteiger charge is 2.10. The van der Waals surface area contributed by atoms with Crippen molar-refractivity contribution in [2.24, 2.45) is 4.99 Å². The van der Waals surface area contributed by atoms with Crippen LogP contribution in [0.2, 0.25) is 0 Å². The molecule has 0 saturated carbocycles. The molecule has 2 N–H and O–H groups in total. The second kappa shape index (κ2) is 11.1. The molecule has 4 nitrogen and oxygen atoms in total. The van der Waals surface area contributed by atoms with E-state index in [1.54, 1.807) is 6.07 Å². The zero-order chi connectivity index (χ0) is 18.2. The topological polar surface area (TPSA) is 49.3 Å². The van der Waals surface area contributed by atoms with Crippen molar-refractivity contribution >= 4 is 29.9 Å². The van der Waals surface area contributed by atoms with Crippen molar-refractivity contribution in [3.05, 3.63) is 65.0 Å². The summed E-state index contributed by atoms with van der Waals surface area (Å²) in [6.45, 7) is 7.12. The van der Waals surface area contributed by atoms with Crippen LogP contribution in [0.1, 0.15) is 36.7 Å². The third kappa shape index (κ3) is 6.86. The Kier molecular flexibility index (Phi) is 9.47. The van der Waals surface area contributed by atoms with E-state index in [9.17, 15) is 8.78 Å². The molecule has 0 saturated heterocycles. The Balaban J connectivity index is 0.00000338. The normalized spacial score (nSPS) is 12.3. The number of hydrogen-bond acceptors (Lipinski definition) is 2. The first kappa shape index (κ1) is 22.3. The Morgan fingerprint density at radius 3 is 2.58 bits per heavy atom. The van der Waals surface area contributed by atoms with Crippen LogP contribution in [-0.2, 0) is 6.42 Å². The molecular formula is C19H25F2IN4. The molecule has 0 spiro atoms.